The maximum Gasteiger partial charge on any atom is 0.153 e. The highest BCUT2D eigenvalue weighted by Crippen LogP contribution is 1.92. The maximum atomic E-state index is 9.81. The Morgan fingerprint density at radius 1 is 1.58 bits per heavy atom. The van der Waals surface area contributed by atoms with E-state index in [9.17, 15) is 4.79 Å². The van der Waals surface area contributed by atoms with Crippen LogP contribution in [0.2, 0.25) is 0 Å². The molecule has 2 aromatic rings. The van der Waals surface area contributed by atoms with Crippen molar-refractivity contribution in [3.05, 3.63) is 42.9 Å². The van der Waals surface area contributed by atoms with Crippen molar-refractivity contribution >= 4 is 6.29 Å². The summed E-state index contributed by atoms with van der Waals surface area (Å²) in [7, 11) is 0. The second-order valence-corrected chi connectivity index (χ2v) is 1.94. The summed E-state index contributed by atoms with van der Waals surface area (Å²) >= 11 is 0. The number of hydrogen-bond acceptors (Lipinski definition) is 3. The van der Waals surface area contributed by atoms with Gasteiger partial charge in [-0.2, -0.15) is 0 Å². The Hall–Kier alpha value is -1.84. The second kappa shape index (κ2) is 4.90. The van der Waals surface area contributed by atoms with Crippen molar-refractivity contribution in [2.24, 2.45) is 0 Å². The van der Waals surface area contributed by atoms with Crippen LogP contribution in [-0.2, 0) is 0 Å². The van der Waals surface area contributed by atoms with E-state index in [0.29, 0.717) is 5.56 Å². The molecule has 4 nitrogen and oxygen atoms in total. The summed E-state index contributed by atoms with van der Waals surface area (Å²) in [5.74, 6) is 0. The van der Waals surface area contributed by atoms with Crippen LogP contribution in [0.4, 0.5) is 0 Å². The Bertz CT molecular complexity index is 269. The highest BCUT2D eigenvalue weighted by Gasteiger charge is 1.84. The number of nitrogens with one attached hydrogen (secondary N) is 1. The predicted molar refractivity (Wildman–Crippen MR) is 42.7 cm³/mol. The molecule has 0 radical (unpaired) electrons. The number of aldehydes is 1. The van der Waals surface area contributed by atoms with E-state index in [1.165, 1.54) is 12.5 Å². The topological polar surface area (TPSA) is 58.9 Å². The van der Waals surface area contributed by atoms with E-state index < -0.39 is 0 Å². The van der Waals surface area contributed by atoms with Crippen LogP contribution >= 0.6 is 0 Å². The predicted octanol–water partition coefficient (Wildman–Crippen LogP) is 1.50. The van der Waals surface area contributed by atoms with Gasteiger partial charge in [0.1, 0.15) is 6.26 Å². The lowest BCUT2D eigenvalue weighted by molar-refractivity contribution is 0.112. The van der Waals surface area contributed by atoms with Crippen LogP contribution in [0.1, 0.15) is 10.4 Å². The van der Waals surface area contributed by atoms with Gasteiger partial charge in [-0.25, -0.2) is 4.98 Å². The van der Waals surface area contributed by atoms with Crippen LogP contribution in [0.3, 0.4) is 0 Å². The van der Waals surface area contributed by atoms with Crippen molar-refractivity contribution in [1.29, 1.82) is 0 Å². The third-order valence-electron chi connectivity index (χ3n) is 1.09. The minimum absolute atomic E-state index is 0.583. The van der Waals surface area contributed by atoms with Crippen LogP contribution in [-0.4, -0.2) is 16.3 Å². The fourth-order valence-electron chi connectivity index (χ4n) is 0.557. The molecular weight excluding hydrogens is 156 g/mol. The lowest BCUT2D eigenvalue weighted by atomic mass is 10.4. The molecule has 1 N–H and O–H groups in total. The number of aromatic amines is 1. The third kappa shape index (κ3) is 2.83. The Kier molecular flexibility index (Phi) is 3.37. The molecule has 0 saturated heterocycles. The second-order valence-electron chi connectivity index (χ2n) is 1.94. The molecule has 0 atom stereocenters. The first kappa shape index (κ1) is 8.26. The number of carbonyl (C=O) groups is 1. The lowest BCUT2D eigenvalue weighted by Gasteiger charge is -1.64. The molecule has 2 heterocycles. The van der Waals surface area contributed by atoms with E-state index in [-0.39, 0.29) is 0 Å². The lowest BCUT2D eigenvalue weighted by Crippen LogP contribution is -1.65. The molecule has 12 heavy (non-hydrogen) atoms. The monoisotopic (exact) mass is 164 g/mol. The number of nitrogens with zero attached hydrogens (tertiary/aromatic N) is 1. The maximum absolute atomic E-state index is 9.81. The number of H-pyrrole nitrogens is 1. The number of hydrogen-bond donors (Lipinski definition) is 1. The molecule has 0 amide bonds. The average molecular weight is 164 g/mol. The molecule has 0 unspecified atom stereocenters. The van der Waals surface area contributed by atoms with Gasteiger partial charge in [0.2, 0.25) is 0 Å². The standard InChI is InChI=1S/C5H4O2.C3H4N2/c6-3-5-1-2-7-4-5;1-2-5-3-4-1/h1-4H;1-3H,(H,4,5). The molecule has 0 aliphatic carbocycles. The summed E-state index contributed by atoms with van der Waals surface area (Å²) in [5.41, 5.74) is 0.583. The highest BCUT2D eigenvalue weighted by molar-refractivity contribution is 5.73. The summed E-state index contributed by atoms with van der Waals surface area (Å²) in [4.78, 5) is 16.2. The molecular formula is C8H8N2O2. The Labute approximate surface area is 69.2 Å². The minimum atomic E-state index is 0.583. The number of rotatable bonds is 1. The van der Waals surface area contributed by atoms with E-state index in [0.717, 1.165) is 6.29 Å². The van der Waals surface area contributed by atoms with Gasteiger partial charge in [0, 0.05) is 12.4 Å². The zero-order valence-electron chi connectivity index (χ0n) is 6.31. The first-order chi connectivity index (χ1) is 5.93. The Balaban J connectivity index is 0.000000127. The first-order valence-corrected chi connectivity index (χ1v) is 3.33. The molecule has 0 fully saturated rings. The highest BCUT2D eigenvalue weighted by atomic mass is 16.3. The number of aromatic nitrogens is 2. The fourth-order valence-corrected chi connectivity index (χ4v) is 0.557. The molecule has 0 saturated carbocycles. The third-order valence-corrected chi connectivity index (χ3v) is 1.09. The van der Waals surface area contributed by atoms with Crippen molar-refractivity contribution < 1.29 is 9.21 Å². The first-order valence-electron chi connectivity index (χ1n) is 3.33. The SMILES string of the molecule is O=Cc1ccoc1.c1c[nH]cn1. The van der Waals surface area contributed by atoms with Crippen LogP contribution < -0.4 is 0 Å². The van der Waals surface area contributed by atoms with Gasteiger partial charge in [-0.15, -0.1) is 0 Å². The van der Waals surface area contributed by atoms with Gasteiger partial charge < -0.3 is 9.40 Å². The van der Waals surface area contributed by atoms with E-state index in [4.69, 9.17) is 0 Å². The van der Waals surface area contributed by atoms with Crippen LogP contribution in [0.15, 0.2) is 41.7 Å². The van der Waals surface area contributed by atoms with Crippen molar-refractivity contribution in [2.75, 3.05) is 0 Å². The smallest absolute Gasteiger partial charge is 0.153 e. The molecule has 0 aliphatic heterocycles. The quantitative estimate of drug-likeness (QED) is 0.650. The van der Waals surface area contributed by atoms with E-state index in [1.54, 1.807) is 24.8 Å². The van der Waals surface area contributed by atoms with Gasteiger partial charge in [0.05, 0.1) is 18.2 Å². The van der Waals surface area contributed by atoms with E-state index >= 15 is 0 Å². The van der Waals surface area contributed by atoms with Gasteiger partial charge in [-0.05, 0) is 6.07 Å². The molecule has 2 aromatic heterocycles. The van der Waals surface area contributed by atoms with E-state index in [1.807, 2.05) is 0 Å². The molecule has 4 heteroatoms. The number of furan rings is 1. The van der Waals surface area contributed by atoms with Gasteiger partial charge in [0.15, 0.2) is 6.29 Å². The Morgan fingerprint density at radius 3 is 2.75 bits per heavy atom. The average Bonchev–Trinajstić information content (AvgIpc) is 2.81. The molecule has 2 rings (SSSR count). The zero-order valence-corrected chi connectivity index (χ0v) is 6.31. The van der Waals surface area contributed by atoms with Crippen molar-refractivity contribution in [2.45, 2.75) is 0 Å². The molecule has 62 valence electrons. The number of imidazole rings is 1. The van der Waals surface area contributed by atoms with Crippen LogP contribution in [0.25, 0.3) is 0 Å². The summed E-state index contributed by atoms with van der Waals surface area (Å²) < 4.78 is 4.57. The van der Waals surface area contributed by atoms with Crippen molar-refractivity contribution in [1.82, 2.24) is 9.97 Å². The number of carbonyl (C=O) groups excluding carboxylic acids is 1. The van der Waals surface area contributed by atoms with Crippen molar-refractivity contribution in [3.63, 3.8) is 0 Å². The van der Waals surface area contributed by atoms with Gasteiger partial charge in [-0.3, -0.25) is 4.79 Å². The molecule has 0 aliphatic rings. The summed E-state index contributed by atoms with van der Waals surface area (Å²) in [6.45, 7) is 0. The van der Waals surface area contributed by atoms with Gasteiger partial charge in [-0.1, -0.05) is 0 Å². The van der Waals surface area contributed by atoms with Crippen LogP contribution in [0.5, 0.6) is 0 Å². The summed E-state index contributed by atoms with van der Waals surface area (Å²) in [6, 6.07) is 1.60. The zero-order chi connectivity index (χ0) is 8.65. The van der Waals surface area contributed by atoms with Gasteiger partial charge in [0.25, 0.3) is 0 Å². The van der Waals surface area contributed by atoms with Gasteiger partial charge >= 0.3 is 0 Å². The van der Waals surface area contributed by atoms with Crippen LogP contribution in [0, 0.1) is 0 Å². The summed E-state index contributed by atoms with van der Waals surface area (Å²) in [6.07, 6.45) is 8.68. The fraction of sp³-hybridized carbons (Fsp3) is 0. The van der Waals surface area contributed by atoms with E-state index in [2.05, 4.69) is 14.4 Å². The summed E-state index contributed by atoms with van der Waals surface area (Å²) in [5, 5.41) is 0. The molecule has 0 bridgehead atoms. The largest absolute Gasteiger partial charge is 0.472 e. The Morgan fingerprint density at radius 2 is 2.50 bits per heavy atom. The normalized spacial score (nSPS) is 8.33. The van der Waals surface area contributed by atoms with Crippen molar-refractivity contribution in [3.8, 4) is 0 Å². The molecule has 0 aromatic carbocycles. The molecule has 0 spiro atoms. The minimum Gasteiger partial charge on any atom is -0.472 e.